The van der Waals surface area contributed by atoms with Crippen molar-refractivity contribution >= 4 is 29.3 Å². The van der Waals surface area contributed by atoms with Gasteiger partial charge in [0.2, 0.25) is 0 Å². The number of nitrogens with zero attached hydrogens (tertiary/aromatic N) is 2. The summed E-state index contributed by atoms with van der Waals surface area (Å²) in [4.78, 5) is 11.8. The smallest absolute Gasteiger partial charge is 0.254 e. The number of nitrogens with two attached hydrogens (primary N) is 1. The van der Waals surface area contributed by atoms with Gasteiger partial charge in [-0.25, -0.2) is 8.78 Å². The summed E-state index contributed by atoms with van der Waals surface area (Å²) < 4.78 is 26.9. The van der Waals surface area contributed by atoms with E-state index in [4.69, 9.17) is 22.4 Å². The number of anilines is 1. The summed E-state index contributed by atoms with van der Waals surface area (Å²) >= 11 is 5.90. The van der Waals surface area contributed by atoms with Gasteiger partial charge in [0.05, 0.1) is 0 Å². The fourth-order valence-electron chi connectivity index (χ4n) is 2.29. The van der Waals surface area contributed by atoms with E-state index in [1.165, 1.54) is 6.08 Å². The number of benzene rings is 2. The van der Waals surface area contributed by atoms with Gasteiger partial charge in [0, 0.05) is 10.7 Å². The van der Waals surface area contributed by atoms with E-state index in [9.17, 15) is 13.6 Å². The largest absolute Gasteiger partial charge is 0.503 e. The fourth-order valence-corrected chi connectivity index (χ4v) is 2.48. The summed E-state index contributed by atoms with van der Waals surface area (Å²) in [5.74, 6) is -4.13. The normalized spacial score (nSPS) is 15.0. The number of azo groups is 1. The van der Waals surface area contributed by atoms with E-state index in [0.29, 0.717) is 10.7 Å². The third-order valence-corrected chi connectivity index (χ3v) is 3.66. The molecule has 6 nitrogen and oxygen atoms in total. The van der Waals surface area contributed by atoms with Crippen molar-refractivity contribution < 1.29 is 18.7 Å². The number of primary amides is 1. The van der Waals surface area contributed by atoms with Crippen molar-refractivity contribution in [3.8, 4) is 5.75 Å². The van der Waals surface area contributed by atoms with Crippen LogP contribution in [0.5, 0.6) is 5.75 Å². The standard InChI is InChI=1S/C17H11ClF2N4O2/c18-9-2-1-3-10(7-9)22-17-14(16(21)26)13(23-24-17)6-8-4-11(19)15(25)12(20)5-8/h1-7,22,25H,(H2,21,26). The molecule has 2 aromatic rings. The number of hydrogen-bond acceptors (Lipinski definition) is 5. The summed E-state index contributed by atoms with van der Waals surface area (Å²) in [6.45, 7) is 0. The van der Waals surface area contributed by atoms with Crippen LogP contribution in [0.15, 0.2) is 63.7 Å². The third-order valence-electron chi connectivity index (χ3n) is 3.43. The van der Waals surface area contributed by atoms with Crippen LogP contribution in [0.25, 0.3) is 6.08 Å². The first-order valence-corrected chi connectivity index (χ1v) is 7.61. The molecule has 26 heavy (non-hydrogen) atoms. The number of aromatic hydroxyl groups is 1. The molecule has 1 aliphatic rings. The van der Waals surface area contributed by atoms with Crippen LogP contribution in [-0.2, 0) is 4.79 Å². The average molecular weight is 377 g/mol. The molecule has 0 aromatic heterocycles. The fraction of sp³-hybridized carbons (Fsp3) is 0. The van der Waals surface area contributed by atoms with Crippen molar-refractivity contribution in [2.45, 2.75) is 0 Å². The van der Waals surface area contributed by atoms with Gasteiger partial charge in [-0.3, -0.25) is 4.79 Å². The Hall–Kier alpha value is -3.26. The lowest BCUT2D eigenvalue weighted by atomic mass is 10.1. The van der Waals surface area contributed by atoms with Crippen LogP contribution in [0.1, 0.15) is 5.56 Å². The molecule has 4 N–H and O–H groups in total. The maximum atomic E-state index is 13.5. The molecule has 0 aliphatic carbocycles. The van der Waals surface area contributed by atoms with E-state index in [-0.39, 0.29) is 22.7 Å². The highest BCUT2D eigenvalue weighted by Gasteiger charge is 2.24. The quantitative estimate of drug-likeness (QED) is 0.753. The zero-order chi connectivity index (χ0) is 18.8. The minimum Gasteiger partial charge on any atom is -0.503 e. The highest BCUT2D eigenvalue weighted by Crippen LogP contribution is 2.30. The predicted octanol–water partition coefficient (Wildman–Crippen LogP) is 3.94. The number of halogens is 3. The van der Waals surface area contributed by atoms with Crippen molar-refractivity contribution in [2.75, 3.05) is 5.32 Å². The third kappa shape index (κ3) is 3.55. The lowest BCUT2D eigenvalue weighted by Gasteiger charge is -2.06. The summed E-state index contributed by atoms with van der Waals surface area (Å²) in [6, 6.07) is 8.45. The van der Waals surface area contributed by atoms with Gasteiger partial charge in [0.1, 0.15) is 11.3 Å². The van der Waals surface area contributed by atoms with Gasteiger partial charge < -0.3 is 16.2 Å². The number of nitrogens with one attached hydrogen (secondary N) is 1. The zero-order valence-corrected chi connectivity index (χ0v) is 13.8. The number of carbonyl (C=O) groups is 1. The number of amides is 1. The average Bonchev–Trinajstić information content (AvgIpc) is 2.95. The van der Waals surface area contributed by atoms with Gasteiger partial charge >= 0.3 is 0 Å². The van der Waals surface area contributed by atoms with Crippen molar-refractivity contribution in [1.29, 1.82) is 0 Å². The molecule has 132 valence electrons. The molecule has 9 heteroatoms. The Morgan fingerprint density at radius 2 is 1.88 bits per heavy atom. The summed E-state index contributed by atoms with van der Waals surface area (Å²) in [6.07, 6.45) is 1.22. The van der Waals surface area contributed by atoms with Crippen LogP contribution in [0, 0.1) is 11.6 Å². The molecule has 1 amide bonds. The lowest BCUT2D eigenvalue weighted by Crippen LogP contribution is -2.17. The minimum absolute atomic E-state index is 0.0199. The number of phenols is 1. The maximum absolute atomic E-state index is 13.5. The van der Waals surface area contributed by atoms with E-state index in [0.717, 1.165) is 12.1 Å². The predicted molar refractivity (Wildman–Crippen MR) is 92.2 cm³/mol. The SMILES string of the molecule is NC(=O)C1=C(Nc2cccc(Cl)c2)N=NC1=Cc1cc(F)c(O)c(F)c1. The Morgan fingerprint density at radius 3 is 2.50 bits per heavy atom. The van der Waals surface area contributed by atoms with E-state index < -0.39 is 23.3 Å². The molecule has 2 aromatic carbocycles. The molecule has 0 fully saturated rings. The lowest BCUT2D eigenvalue weighted by molar-refractivity contribution is -0.114. The molecule has 0 radical (unpaired) electrons. The minimum atomic E-state index is -1.14. The van der Waals surface area contributed by atoms with Crippen LogP contribution in [-0.4, -0.2) is 11.0 Å². The van der Waals surface area contributed by atoms with Gasteiger partial charge in [0.15, 0.2) is 23.2 Å². The Balaban J connectivity index is 2.00. The molecule has 1 aliphatic heterocycles. The Morgan fingerprint density at radius 1 is 1.19 bits per heavy atom. The highest BCUT2D eigenvalue weighted by atomic mass is 35.5. The second kappa shape index (κ2) is 6.93. The van der Waals surface area contributed by atoms with Crippen LogP contribution < -0.4 is 11.1 Å². The van der Waals surface area contributed by atoms with E-state index in [2.05, 4.69) is 15.5 Å². The Kier molecular flexibility index (Phi) is 4.68. The van der Waals surface area contributed by atoms with Gasteiger partial charge in [-0.2, -0.15) is 0 Å². The molecule has 0 spiro atoms. The zero-order valence-electron chi connectivity index (χ0n) is 13.0. The highest BCUT2D eigenvalue weighted by molar-refractivity contribution is 6.30. The van der Waals surface area contributed by atoms with Gasteiger partial charge in [-0.15, -0.1) is 10.2 Å². The monoisotopic (exact) mass is 376 g/mol. The second-order valence-electron chi connectivity index (χ2n) is 5.29. The maximum Gasteiger partial charge on any atom is 0.254 e. The molecule has 0 saturated carbocycles. The summed E-state index contributed by atoms with van der Waals surface area (Å²) in [5, 5.41) is 20.2. The molecule has 0 unspecified atom stereocenters. The Labute approximate surface area is 151 Å². The van der Waals surface area contributed by atoms with E-state index in [1.807, 2.05) is 0 Å². The number of carbonyl (C=O) groups excluding carboxylic acids is 1. The Bertz CT molecular complexity index is 979. The number of phenolic OH excluding ortho intramolecular Hbond substituents is 1. The number of rotatable bonds is 4. The molecular weight excluding hydrogens is 366 g/mol. The van der Waals surface area contributed by atoms with Crippen molar-refractivity contribution in [3.05, 3.63) is 75.7 Å². The molecule has 0 bridgehead atoms. The topological polar surface area (TPSA) is 100 Å². The van der Waals surface area contributed by atoms with Crippen molar-refractivity contribution in [3.63, 3.8) is 0 Å². The van der Waals surface area contributed by atoms with E-state index in [1.54, 1.807) is 24.3 Å². The van der Waals surface area contributed by atoms with Crippen LogP contribution >= 0.6 is 11.6 Å². The molecule has 3 rings (SSSR count). The first-order valence-electron chi connectivity index (χ1n) is 7.23. The summed E-state index contributed by atoms with van der Waals surface area (Å²) in [5.41, 5.74) is 5.94. The molecule has 1 heterocycles. The number of hydrogen-bond donors (Lipinski definition) is 3. The van der Waals surface area contributed by atoms with E-state index >= 15 is 0 Å². The van der Waals surface area contributed by atoms with Crippen LogP contribution in [0.4, 0.5) is 14.5 Å². The van der Waals surface area contributed by atoms with Gasteiger partial charge in [-0.05, 0) is 42.0 Å². The first kappa shape index (κ1) is 17.6. The molecular formula is C17H11ClF2N4O2. The summed E-state index contributed by atoms with van der Waals surface area (Å²) in [7, 11) is 0. The van der Waals surface area contributed by atoms with Crippen LogP contribution in [0.2, 0.25) is 5.02 Å². The molecule has 0 atom stereocenters. The van der Waals surface area contributed by atoms with Gasteiger partial charge in [0.25, 0.3) is 5.91 Å². The van der Waals surface area contributed by atoms with Crippen molar-refractivity contribution in [2.24, 2.45) is 16.0 Å². The molecule has 0 saturated heterocycles. The van der Waals surface area contributed by atoms with Gasteiger partial charge in [-0.1, -0.05) is 17.7 Å². The second-order valence-corrected chi connectivity index (χ2v) is 5.72. The van der Waals surface area contributed by atoms with Crippen LogP contribution in [0.3, 0.4) is 0 Å². The van der Waals surface area contributed by atoms with Crippen molar-refractivity contribution in [1.82, 2.24) is 0 Å². The first-order chi connectivity index (χ1) is 12.3.